The Balaban J connectivity index is 2.39. The van der Waals surface area contributed by atoms with Crippen LogP contribution in [0.15, 0.2) is 42.9 Å². The molecule has 2 atom stereocenters. The molecule has 0 aliphatic heterocycles. The zero-order valence-corrected chi connectivity index (χ0v) is 10.4. The maximum absolute atomic E-state index is 5.97. The van der Waals surface area contributed by atoms with E-state index >= 15 is 0 Å². The number of nitrogens with zero attached hydrogens (tertiary/aromatic N) is 2. The molecule has 1 heterocycles. The Bertz CT molecular complexity index is 459. The lowest BCUT2D eigenvalue weighted by atomic mass is 10.0. The summed E-state index contributed by atoms with van der Waals surface area (Å²) in [6, 6.07) is 10.8. The number of imidazole rings is 1. The van der Waals surface area contributed by atoms with Crippen molar-refractivity contribution in [1.29, 1.82) is 0 Å². The van der Waals surface area contributed by atoms with Crippen molar-refractivity contribution in [3.8, 4) is 0 Å². The minimum atomic E-state index is 0.00950. The van der Waals surface area contributed by atoms with Gasteiger partial charge in [-0.3, -0.25) is 0 Å². The van der Waals surface area contributed by atoms with E-state index in [9.17, 15) is 0 Å². The minimum Gasteiger partial charge on any atom is -0.326 e. The van der Waals surface area contributed by atoms with Crippen LogP contribution in [-0.2, 0) is 0 Å². The summed E-state index contributed by atoms with van der Waals surface area (Å²) in [5, 5.41) is 0. The molecule has 17 heavy (non-hydrogen) atoms. The predicted molar refractivity (Wildman–Crippen MR) is 69.7 cm³/mol. The SMILES string of the molecule is CCC(c1ccccc1)n1cncc1[C@@H](C)N. The van der Waals surface area contributed by atoms with Crippen molar-refractivity contribution in [3.63, 3.8) is 0 Å². The Morgan fingerprint density at radius 3 is 2.59 bits per heavy atom. The molecular formula is C14H19N3. The van der Waals surface area contributed by atoms with Gasteiger partial charge in [0.05, 0.1) is 18.1 Å². The molecule has 1 aromatic heterocycles. The summed E-state index contributed by atoms with van der Waals surface area (Å²) in [4.78, 5) is 4.22. The summed E-state index contributed by atoms with van der Waals surface area (Å²) >= 11 is 0. The Kier molecular flexibility index (Phi) is 3.59. The predicted octanol–water partition coefficient (Wildman–Crippen LogP) is 2.90. The highest BCUT2D eigenvalue weighted by atomic mass is 15.1. The lowest BCUT2D eigenvalue weighted by Gasteiger charge is -2.21. The van der Waals surface area contributed by atoms with Crippen molar-refractivity contribution in [1.82, 2.24) is 9.55 Å². The van der Waals surface area contributed by atoms with Crippen LogP contribution in [0.3, 0.4) is 0 Å². The van der Waals surface area contributed by atoms with Crippen LogP contribution in [0, 0.1) is 0 Å². The van der Waals surface area contributed by atoms with Gasteiger partial charge in [0.15, 0.2) is 0 Å². The third kappa shape index (κ3) is 2.39. The maximum atomic E-state index is 5.97. The third-order valence-electron chi connectivity index (χ3n) is 3.07. The van der Waals surface area contributed by atoms with Crippen molar-refractivity contribution < 1.29 is 0 Å². The first kappa shape index (κ1) is 11.9. The molecule has 2 rings (SSSR count). The van der Waals surface area contributed by atoms with Gasteiger partial charge in [0.1, 0.15) is 0 Å². The van der Waals surface area contributed by atoms with Crippen LogP contribution in [0.4, 0.5) is 0 Å². The molecule has 0 aliphatic carbocycles. The van der Waals surface area contributed by atoms with E-state index in [1.807, 2.05) is 25.5 Å². The molecule has 0 saturated heterocycles. The molecule has 0 saturated carbocycles. The fraction of sp³-hybridized carbons (Fsp3) is 0.357. The average molecular weight is 229 g/mol. The number of benzene rings is 1. The van der Waals surface area contributed by atoms with Gasteiger partial charge in [0.25, 0.3) is 0 Å². The van der Waals surface area contributed by atoms with Crippen molar-refractivity contribution in [2.24, 2.45) is 5.73 Å². The Labute approximate surface area is 102 Å². The minimum absolute atomic E-state index is 0.00950. The standard InChI is InChI=1S/C14H19N3/c1-3-13(12-7-5-4-6-8-12)17-10-16-9-14(17)11(2)15/h4-11,13H,3,15H2,1-2H3/t11-,13?/m1/s1. The van der Waals surface area contributed by atoms with Crippen LogP contribution in [-0.4, -0.2) is 9.55 Å². The zero-order valence-electron chi connectivity index (χ0n) is 10.4. The van der Waals surface area contributed by atoms with Gasteiger partial charge < -0.3 is 10.3 Å². The molecule has 3 nitrogen and oxygen atoms in total. The second-order valence-electron chi connectivity index (χ2n) is 4.35. The molecule has 0 aliphatic rings. The van der Waals surface area contributed by atoms with Crippen LogP contribution >= 0.6 is 0 Å². The zero-order chi connectivity index (χ0) is 12.3. The monoisotopic (exact) mass is 229 g/mol. The summed E-state index contributed by atoms with van der Waals surface area (Å²) in [5.74, 6) is 0. The van der Waals surface area contributed by atoms with Crippen molar-refractivity contribution in [3.05, 3.63) is 54.1 Å². The topological polar surface area (TPSA) is 43.8 Å². The van der Waals surface area contributed by atoms with Crippen molar-refractivity contribution >= 4 is 0 Å². The quantitative estimate of drug-likeness (QED) is 0.876. The molecule has 0 amide bonds. The van der Waals surface area contributed by atoms with Crippen molar-refractivity contribution in [2.75, 3.05) is 0 Å². The molecule has 2 aromatic rings. The second kappa shape index (κ2) is 5.15. The number of hydrogen-bond donors (Lipinski definition) is 1. The van der Waals surface area contributed by atoms with Crippen LogP contribution < -0.4 is 5.73 Å². The molecule has 0 radical (unpaired) electrons. The van der Waals surface area contributed by atoms with Crippen LogP contribution in [0.1, 0.15) is 43.6 Å². The van der Waals surface area contributed by atoms with Gasteiger partial charge in [0.2, 0.25) is 0 Å². The molecular weight excluding hydrogens is 210 g/mol. The van der Waals surface area contributed by atoms with Crippen LogP contribution in [0.2, 0.25) is 0 Å². The normalized spacial score (nSPS) is 14.5. The van der Waals surface area contributed by atoms with E-state index < -0.39 is 0 Å². The lowest BCUT2D eigenvalue weighted by molar-refractivity contribution is 0.529. The van der Waals surface area contributed by atoms with Gasteiger partial charge >= 0.3 is 0 Å². The summed E-state index contributed by atoms with van der Waals surface area (Å²) in [6.45, 7) is 4.17. The van der Waals surface area contributed by atoms with Crippen LogP contribution in [0.5, 0.6) is 0 Å². The molecule has 1 unspecified atom stereocenters. The van der Waals surface area contributed by atoms with Gasteiger partial charge in [-0.05, 0) is 18.9 Å². The van der Waals surface area contributed by atoms with E-state index in [2.05, 4.69) is 40.7 Å². The van der Waals surface area contributed by atoms with Gasteiger partial charge in [-0.1, -0.05) is 37.3 Å². The van der Waals surface area contributed by atoms with Gasteiger partial charge in [-0.25, -0.2) is 4.98 Å². The number of aromatic nitrogens is 2. The highest BCUT2D eigenvalue weighted by Crippen LogP contribution is 2.25. The maximum Gasteiger partial charge on any atom is 0.0954 e. The molecule has 90 valence electrons. The first-order chi connectivity index (χ1) is 8.24. The highest BCUT2D eigenvalue weighted by Gasteiger charge is 2.16. The van der Waals surface area contributed by atoms with Gasteiger partial charge in [-0.15, -0.1) is 0 Å². The number of hydrogen-bond acceptors (Lipinski definition) is 2. The molecule has 0 bridgehead atoms. The molecule has 0 fully saturated rings. The van der Waals surface area contributed by atoms with E-state index in [0.717, 1.165) is 12.1 Å². The number of rotatable bonds is 4. The summed E-state index contributed by atoms with van der Waals surface area (Å²) < 4.78 is 2.18. The third-order valence-corrected chi connectivity index (χ3v) is 3.07. The van der Waals surface area contributed by atoms with E-state index in [-0.39, 0.29) is 6.04 Å². The molecule has 1 aromatic carbocycles. The molecule has 2 N–H and O–H groups in total. The average Bonchev–Trinajstić information content (AvgIpc) is 2.81. The van der Waals surface area contributed by atoms with E-state index in [4.69, 9.17) is 5.73 Å². The Hall–Kier alpha value is -1.61. The second-order valence-corrected chi connectivity index (χ2v) is 4.35. The van der Waals surface area contributed by atoms with Gasteiger partial charge in [-0.2, -0.15) is 0 Å². The Morgan fingerprint density at radius 1 is 1.29 bits per heavy atom. The first-order valence-corrected chi connectivity index (χ1v) is 6.06. The number of nitrogens with two attached hydrogens (primary N) is 1. The Morgan fingerprint density at radius 2 is 2.00 bits per heavy atom. The highest BCUT2D eigenvalue weighted by molar-refractivity contribution is 5.21. The molecule has 3 heteroatoms. The summed E-state index contributed by atoms with van der Waals surface area (Å²) in [5.41, 5.74) is 8.35. The summed E-state index contributed by atoms with van der Waals surface area (Å²) in [7, 11) is 0. The van der Waals surface area contributed by atoms with E-state index in [1.165, 1.54) is 5.56 Å². The van der Waals surface area contributed by atoms with Crippen molar-refractivity contribution in [2.45, 2.75) is 32.4 Å². The van der Waals surface area contributed by atoms with Gasteiger partial charge in [0, 0.05) is 12.2 Å². The largest absolute Gasteiger partial charge is 0.326 e. The van der Waals surface area contributed by atoms with E-state index in [1.54, 1.807) is 0 Å². The fourth-order valence-electron chi connectivity index (χ4n) is 2.20. The first-order valence-electron chi connectivity index (χ1n) is 6.06. The van der Waals surface area contributed by atoms with Crippen LogP contribution in [0.25, 0.3) is 0 Å². The molecule has 0 spiro atoms. The van der Waals surface area contributed by atoms with E-state index in [0.29, 0.717) is 6.04 Å². The summed E-state index contributed by atoms with van der Waals surface area (Å²) in [6.07, 6.45) is 4.76. The lowest BCUT2D eigenvalue weighted by Crippen LogP contribution is -2.16. The fourth-order valence-corrected chi connectivity index (χ4v) is 2.20. The smallest absolute Gasteiger partial charge is 0.0954 e.